The van der Waals surface area contributed by atoms with Gasteiger partial charge in [0.1, 0.15) is 5.75 Å². The summed E-state index contributed by atoms with van der Waals surface area (Å²) in [6.45, 7) is 4.14. The summed E-state index contributed by atoms with van der Waals surface area (Å²) in [5.74, 6) is 1.46. The molecule has 0 saturated heterocycles. The van der Waals surface area contributed by atoms with Gasteiger partial charge in [-0.1, -0.05) is 25.1 Å². The number of aromatic nitrogens is 1. The molecule has 0 fully saturated rings. The van der Waals surface area contributed by atoms with E-state index in [1.807, 2.05) is 31.2 Å². The summed E-state index contributed by atoms with van der Waals surface area (Å²) >= 11 is 0. The highest BCUT2D eigenvalue weighted by molar-refractivity contribution is 5.30. The first-order chi connectivity index (χ1) is 7.78. The highest BCUT2D eigenvalue weighted by Crippen LogP contribution is 2.19. The average Bonchev–Trinajstić information content (AvgIpc) is 2.33. The number of hydrogen-bond donors (Lipinski definition) is 0. The van der Waals surface area contributed by atoms with Gasteiger partial charge in [-0.2, -0.15) is 0 Å². The van der Waals surface area contributed by atoms with E-state index in [-0.39, 0.29) is 0 Å². The SMILES string of the molecule is CCc1ccc(Oc2ccc(C)cn2)cc1. The van der Waals surface area contributed by atoms with Gasteiger partial charge in [-0.05, 0) is 36.6 Å². The molecule has 1 aromatic carbocycles. The van der Waals surface area contributed by atoms with E-state index in [2.05, 4.69) is 24.0 Å². The molecule has 0 radical (unpaired) electrons. The lowest BCUT2D eigenvalue weighted by molar-refractivity contribution is 0.462. The number of ether oxygens (including phenoxy) is 1. The average molecular weight is 213 g/mol. The molecule has 0 atom stereocenters. The van der Waals surface area contributed by atoms with Gasteiger partial charge < -0.3 is 4.74 Å². The fourth-order valence-corrected chi connectivity index (χ4v) is 1.43. The van der Waals surface area contributed by atoms with Gasteiger partial charge in [0.15, 0.2) is 0 Å². The van der Waals surface area contributed by atoms with Gasteiger partial charge in [-0.25, -0.2) is 4.98 Å². The van der Waals surface area contributed by atoms with Crippen LogP contribution < -0.4 is 4.74 Å². The summed E-state index contributed by atoms with van der Waals surface area (Å²) in [5.41, 5.74) is 2.44. The number of nitrogens with zero attached hydrogens (tertiary/aromatic N) is 1. The molecule has 0 aliphatic rings. The van der Waals surface area contributed by atoms with Gasteiger partial charge in [0.2, 0.25) is 5.88 Å². The predicted octanol–water partition coefficient (Wildman–Crippen LogP) is 3.74. The van der Waals surface area contributed by atoms with Gasteiger partial charge in [0, 0.05) is 12.3 Å². The van der Waals surface area contributed by atoms with E-state index in [4.69, 9.17) is 4.74 Å². The van der Waals surface area contributed by atoms with E-state index in [0.29, 0.717) is 5.88 Å². The first-order valence-electron chi connectivity index (χ1n) is 5.47. The summed E-state index contributed by atoms with van der Waals surface area (Å²) in [6.07, 6.45) is 2.85. The third-order valence-corrected chi connectivity index (χ3v) is 2.44. The Balaban J connectivity index is 2.11. The molecule has 2 heteroatoms. The largest absolute Gasteiger partial charge is 0.439 e. The van der Waals surface area contributed by atoms with Gasteiger partial charge in [0.25, 0.3) is 0 Å². The molecular weight excluding hydrogens is 198 g/mol. The Kier molecular flexibility index (Phi) is 3.20. The molecule has 1 aromatic heterocycles. The van der Waals surface area contributed by atoms with Crippen molar-refractivity contribution >= 4 is 0 Å². The summed E-state index contributed by atoms with van der Waals surface area (Å²) in [6, 6.07) is 12.0. The van der Waals surface area contributed by atoms with E-state index < -0.39 is 0 Å². The zero-order valence-corrected chi connectivity index (χ0v) is 9.60. The minimum Gasteiger partial charge on any atom is -0.439 e. The van der Waals surface area contributed by atoms with Crippen molar-refractivity contribution < 1.29 is 4.74 Å². The first kappa shape index (κ1) is 10.7. The lowest BCUT2D eigenvalue weighted by Crippen LogP contribution is -1.88. The summed E-state index contributed by atoms with van der Waals surface area (Å²) in [7, 11) is 0. The summed E-state index contributed by atoms with van der Waals surface area (Å²) in [4.78, 5) is 4.19. The van der Waals surface area contributed by atoms with Gasteiger partial charge in [0.05, 0.1) is 0 Å². The van der Waals surface area contributed by atoms with Crippen molar-refractivity contribution in [3.63, 3.8) is 0 Å². The zero-order chi connectivity index (χ0) is 11.4. The van der Waals surface area contributed by atoms with Gasteiger partial charge >= 0.3 is 0 Å². The maximum absolute atomic E-state index is 5.62. The monoisotopic (exact) mass is 213 g/mol. The van der Waals surface area contributed by atoms with Crippen LogP contribution in [0.1, 0.15) is 18.1 Å². The molecule has 2 rings (SSSR count). The van der Waals surface area contributed by atoms with Crippen molar-refractivity contribution in [2.24, 2.45) is 0 Å². The number of pyridine rings is 1. The van der Waals surface area contributed by atoms with Crippen molar-refractivity contribution in [1.29, 1.82) is 0 Å². The Bertz CT molecular complexity index is 445. The summed E-state index contributed by atoms with van der Waals surface area (Å²) in [5, 5.41) is 0. The fraction of sp³-hybridized carbons (Fsp3) is 0.214. The molecule has 2 aromatic rings. The lowest BCUT2D eigenvalue weighted by Gasteiger charge is -2.05. The van der Waals surface area contributed by atoms with E-state index in [9.17, 15) is 0 Å². The zero-order valence-electron chi connectivity index (χ0n) is 9.60. The minimum absolute atomic E-state index is 0.634. The van der Waals surface area contributed by atoms with E-state index >= 15 is 0 Å². The highest BCUT2D eigenvalue weighted by atomic mass is 16.5. The molecule has 0 spiro atoms. The second-order valence-electron chi connectivity index (χ2n) is 3.77. The van der Waals surface area contributed by atoms with Gasteiger partial charge in [-0.15, -0.1) is 0 Å². The number of hydrogen-bond acceptors (Lipinski definition) is 2. The highest BCUT2D eigenvalue weighted by Gasteiger charge is 1.97. The van der Waals surface area contributed by atoms with Crippen molar-refractivity contribution in [2.45, 2.75) is 20.3 Å². The minimum atomic E-state index is 0.634. The summed E-state index contributed by atoms with van der Waals surface area (Å²) < 4.78 is 5.62. The number of benzene rings is 1. The maximum Gasteiger partial charge on any atom is 0.219 e. The molecule has 16 heavy (non-hydrogen) atoms. The van der Waals surface area contributed by atoms with Crippen LogP contribution in [-0.2, 0) is 6.42 Å². The van der Waals surface area contributed by atoms with Crippen LogP contribution in [0, 0.1) is 6.92 Å². The number of aryl methyl sites for hydroxylation is 2. The first-order valence-corrected chi connectivity index (χ1v) is 5.47. The lowest BCUT2D eigenvalue weighted by atomic mass is 10.2. The van der Waals surface area contributed by atoms with Crippen LogP contribution in [0.15, 0.2) is 42.6 Å². The van der Waals surface area contributed by atoms with Crippen LogP contribution in [0.25, 0.3) is 0 Å². The van der Waals surface area contributed by atoms with Crippen molar-refractivity contribution in [3.05, 3.63) is 53.7 Å². The molecule has 82 valence electrons. The van der Waals surface area contributed by atoms with E-state index in [0.717, 1.165) is 17.7 Å². The van der Waals surface area contributed by atoms with Crippen LogP contribution in [0.2, 0.25) is 0 Å². The fourth-order valence-electron chi connectivity index (χ4n) is 1.43. The molecule has 0 N–H and O–H groups in total. The molecule has 0 unspecified atom stereocenters. The second-order valence-corrected chi connectivity index (χ2v) is 3.77. The van der Waals surface area contributed by atoms with Crippen LogP contribution in [0.4, 0.5) is 0 Å². The topological polar surface area (TPSA) is 22.1 Å². The number of rotatable bonds is 3. The van der Waals surface area contributed by atoms with E-state index in [1.165, 1.54) is 5.56 Å². The Morgan fingerprint density at radius 1 is 1.06 bits per heavy atom. The van der Waals surface area contributed by atoms with Crippen LogP contribution in [-0.4, -0.2) is 4.98 Å². The maximum atomic E-state index is 5.62. The third kappa shape index (κ3) is 2.60. The van der Waals surface area contributed by atoms with Crippen molar-refractivity contribution in [1.82, 2.24) is 4.98 Å². The standard InChI is InChI=1S/C14H15NO/c1-3-12-5-7-13(8-6-12)16-14-9-4-11(2)10-15-14/h4-10H,3H2,1-2H3. The Morgan fingerprint density at radius 2 is 1.81 bits per heavy atom. The Morgan fingerprint density at radius 3 is 2.38 bits per heavy atom. The Labute approximate surface area is 95.9 Å². The quantitative estimate of drug-likeness (QED) is 0.774. The molecule has 0 aliphatic carbocycles. The van der Waals surface area contributed by atoms with E-state index in [1.54, 1.807) is 6.20 Å². The molecule has 0 amide bonds. The molecule has 0 bridgehead atoms. The Hall–Kier alpha value is -1.83. The molecule has 0 aliphatic heterocycles. The second kappa shape index (κ2) is 4.79. The van der Waals surface area contributed by atoms with Crippen molar-refractivity contribution in [2.75, 3.05) is 0 Å². The molecule has 0 saturated carbocycles. The normalized spacial score (nSPS) is 10.1. The van der Waals surface area contributed by atoms with Crippen molar-refractivity contribution in [3.8, 4) is 11.6 Å². The predicted molar refractivity (Wildman–Crippen MR) is 64.9 cm³/mol. The van der Waals surface area contributed by atoms with Crippen LogP contribution >= 0.6 is 0 Å². The third-order valence-electron chi connectivity index (χ3n) is 2.44. The van der Waals surface area contributed by atoms with Crippen LogP contribution in [0.3, 0.4) is 0 Å². The molecule has 2 nitrogen and oxygen atoms in total. The van der Waals surface area contributed by atoms with Crippen LogP contribution in [0.5, 0.6) is 11.6 Å². The molecular formula is C14H15NO. The van der Waals surface area contributed by atoms with Gasteiger partial charge in [-0.3, -0.25) is 0 Å². The molecule has 1 heterocycles. The smallest absolute Gasteiger partial charge is 0.219 e.